The molecule has 0 amide bonds. The topological polar surface area (TPSA) is 41.6 Å². The monoisotopic (exact) mass is 296 g/mol. The van der Waals surface area contributed by atoms with Crippen molar-refractivity contribution in [3.8, 4) is 0 Å². The van der Waals surface area contributed by atoms with Crippen molar-refractivity contribution >= 4 is 17.3 Å². The largest absolute Gasteiger partial charge is 0.468 e. The SMILES string of the molecule is CCCN1CCC(NCc2cccs2)(C(=O)OC)CC1. The maximum Gasteiger partial charge on any atom is 0.326 e. The third kappa shape index (κ3) is 3.59. The smallest absolute Gasteiger partial charge is 0.326 e. The highest BCUT2D eigenvalue weighted by atomic mass is 32.1. The van der Waals surface area contributed by atoms with Crippen LogP contribution >= 0.6 is 11.3 Å². The molecule has 1 aliphatic rings. The normalized spacial score (nSPS) is 18.9. The third-order valence-corrected chi connectivity index (χ3v) is 4.88. The summed E-state index contributed by atoms with van der Waals surface area (Å²) in [4.78, 5) is 15.9. The molecule has 2 heterocycles. The molecule has 1 N–H and O–H groups in total. The van der Waals surface area contributed by atoms with Gasteiger partial charge in [-0.1, -0.05) is 13.0 Å². The van der Waals surface area contributed by atoms with E-state index in [1.807, 2.05) is 6.07 Å². The second kappa shape index (κ2) is 7.20. The average molecular weight is 296 g/mol. The fourth-order valence-corrected chi connectivity index (χ4v) is 3.44. The van der Waals surface area contributed by atoms with Crippen LogP contribution < -0.4 is 5.32 Å². The minimum absolute atomic E-state index is 0.120. The van der Waals surface area contributed by atoms with Crippen LogP contribution in [0.5, 0.6) is 0 Å². The van der Waals surface area contributed by atoms with Crippen molar-refractivity contribution in [3.05, 3.63) is 22.4 Å². The van der Waals surface area contributed by atoms with Crippen LogP contribution in [0, 0.1) is 0 Å². The summed E-state index contributed by atoms with van der Waals surface area (Å²) in [5, 5.41) is 5.52. The summed E-state index contributed by atoms with van der Waals surface area (Å²) in [6.45, 7) is 5.96. The van der Waals surface area contributed by atoms with Crippen LogP contribution in [0.4, 0.5) is 0 Å². The molecule has 0 saturated carbocycles. The molecule has 112 valence electrons. The van der Waals surface area contributed by atoms with E-state index in [0.717, 1.165) is 45.4 Å². The first-order valence-electron chi connectivity index (χ1n) is 7.28. The van der Waals surface area contributed by atoms with Gasteiger partial charge in [-0.15, -0.1) is 11.3 Å². The lowest BCUT2D eigenvalue weighted by Crippen LogP contribution is -2.58. The van der Waals surface area contributed by atoms with Gasteiger partial charge in [-0.05, 0) is 37.3 Å². The Morgan fingerprint density at radius 2 is 2.25 bits per heavy atom. The summed E-state index contributed by atoms with van der Waals surface area (Å²) in [6.07, 6.45) is 2.81. The molecule has 0 bridgehead atoms. The lowest BCUT2D eigenvalue weighted by Gasteiger charge is -2.40. The number of nitrogens with zero attached hydrogens (tertiary/aromatic N) is 1. The number of hydrogen-bond donors (Lipinski definition) is 1. The molecule has 0 aromatic carbocycles. The first-order valence-corrected chi connectivity index (χ1v) is 8.16. The first kappa shape index (κ1) is 15.5. The number of ether oxygens (including phenoxy) is 1. The standard InChI is InChI=1S/C15H24N2O2S/c1-3-8-17-9-6-15(7-10-17,14(18)19-2)16-12-13-5-4-11-20-13/h4-5,11,16H,3,6-10,12H2,1-2H3. The van der Waals surface area contributed by atoms with Crippen molar-refractivity contribution in [2.45, 2.75) is 38.3 Å². The van der Waals surface area contributed by atoms with Crippen molar-refractivity contribution < 1.29 is 9.53 Å². The molecule has 4 nitrogen and oxygen atoms in total. The number of hydrogen-bond acceptors (Lipinski definition) is 5. The van der Waals surface area contributed by atoms with E-state index in [0.29, 0.717) is 0 Å². The minimum Gasteiger partial charge on any atom is -0.468 e. The molecule has 0 spiro atoms. The number of methoxy groups -OCH3 is 1. The Kier molecular flexibility index (Phi) is 5.57. The van der Waals surface area contributed by atoms with Gasteiger partial charge in [0.25, 0.3) is 0 Å². The Balaban J connectivity index is 1.98. The van der Waals surface area contributed by atoms with E-state index in [1.54, 1.807) is 11.3 Å². The van der Waals surface area contributed by atoms with Gasteiger partial charge in [0.05, 0.1) is 7.11 Å². The summed E-state index contributed by atoms with van der Waals surface area (Å²) in [5.74, 6) is -0.120. The van der Waals surface area contributed by atoms with Gasteiger partial charge in [0.2, 0.25) is 0 Å². The van der Waals surface area contributed by atoms with E-state index in [4.69, 9.17) is 4.74 Å². The number of piperidine rings is 1. The van der Waals surface area contributed by atoms with Crippen molar-refractivity contribution in [1.29, 1.82) is 0 Å². The molecule has 0 aliphatic carbocycles. The van der Waals surface area contributed by atoms with Gasteiger partial charge in [0, 0.05) is 24.5 Å². The Bertz CT molecular complexity index is 412. The number of thiophene rings is 1. The van der Waals surface area contributed by atoms with Gasteiger partial charge >= 0.3 is 5.97 Å². The Labute approximate surface area is 125 Å². The van der Waals surface area contributed by atoms with Crippen LogP contribution in [-0.2, 0) is 16.1 Å². The molecule has 20 heavy (non-hydrogen) atoms. The lowest BCUT2D eigenvalue weighted by atomic mass is 9.87. The van der Waals surface area contributed by atoms with Crippen molar-refractivity contribution in [2.75, 3.05) is 26.7 Å². The second-order valence-electron chi connectivity index (χ2n) is 5.35. The zero-order valence-electron chi connectivity index (χ0n) is 12.4. The van der Waals surface area contributed by atoms with Crippen LogP contribution in [0.3, 0.4) is 0 Å². The highest BCUT2D eigenvalue weighted by molar-refractivity contribution is 7.09. The fourth-order valence-electron chi connectivity index (χ4n) is 2.79. The Morgan fingerprint density at radius 1 is 1.50 bits per heavy atom. The highest BCUT2D eigenvalue weighted by Crippen LogP contribution is 2.25. The molecule has 2 rings (SSSR count). The molecule has 1 aromatic heterocycles. The molecule has 1 fully saturated rings. The predicted molar refractivity (Wildman–Crippen MR) is 81.9 cm³/mol. The lowest BCUT2D eigenvalue weighted by molar-refractivity contribution is -0.151. The molecule has 0 atom stereocenters. The molecule has 0 radical (unpaired) electrons. The molecular weight excluding hydrogens is 272 g/mol. The first-order chi connectivity index (χ1) is 9.70. The second-order valence-corrected chi connectivity index (χ2v) is 6.38. The fraction of sp³-hybridized carbons (Fsp3) is 0.667. The number of carbonyl (C=O) groups excluding carboxylic acids is 1. The predicted octanol–water partition coefficient (Wildman–Crippen LogP) is 2.26. The van der Waals surface area contributed by atoms with Crippen molar-refractivity contribution in [2.24, 2.45) is 0 Å². The summed E-state index contributed by atoms with van der Waals surface area (Å²) >= 11 is 1.71. The van der Waals surface area contributed by atoms with E-state index in [-0.39, 0.29) is 5.97 Å². The summed E-state index contributed by atoms with van der Waals surface area (Å²) < 4.78 is 5.04. The number of nitrogens with one attached hydrogen (secondary N) is 1. The van der Waals surface area contributed by atoms with E-state index in [2.05, 4.69) is 28.6 Å². The molecule has 1 aliphatic heterocycles. The number of carbonyl (C=O) groups is 1. The molecule has 1 saturated heterocycles. The zero-order valence-corrected chi connectivity index (χ0v) is 13.2. The summed E-state index contributed by atoms with van der Waals surface area (Å²) in [7, 11) is 1.48. The molecule has 5 heteroatoms. The van der Waals surface area contributed by atoms with Gasteiger partial charge < -0.3 is 9.64 Å². The zero-order chi connectivity index (χ0) is 14.4. The van der Waals surface area contributed by atoms with Crippen LogP contribution in [0.1, 0.15) is 31.1 Å². The molecule has 1 aromatic rings. The van der Waals surface area contributed by atoms with E-state index in [1.165, 1.54) is 12.0 Å². The van der Waals surface area contributed by atoms with E-state index in [9.17, 15) is 4.79 Å². The number of rotatable bonds is 6. The molecular formula is C15H24N2O2S. The number of likely N-dealkylation sites (tertiary alicyclic amines) is 1. The summed E-state index contributed by atoms with van der Waals surface area (Å²) in [5.41, 5.74) is -0.511. The maximum absolute atomic E-state index is 12.2. The van der Waals surface area contributed by atoms with Crippen LogP contribution in [0.15, 0.2) is 17.5 Å². The highest BCUT2D eigenvalue weighted by Gasteiger charge is 2.41. The quantitative estimate of drug-likeness (QED) is 0.818. The average Bonchev–Trinajstić information content (AvgIpc) is 3.00. The van der Waals surface area contributed by atoms with Gasteiger partial charge in [-0.2, -0.15) is 0 Å². The van der Waals surface area contributed by atoms with Gasteiger partial charge in [0.1, 0.15) is 5.54 Å². The van der Waals surface area contributed by atoms with Crippen molar-refractivity contribution in [1.82, 2.24) is 10.2 Å². The van der Waals surface area contributed by atoms with Crippen molar-refractivity contribution in [3.63, 3.8) is 0 Å². The van der Waals surface area contributed by atoms with Gasteiger partial charge in [0.15, 0.2) is 0 Å². The van der Waals surface area contributed by atoms with Crippen LogP contribution in [-0.4, -0.2) is 43.2 Å². The summed E-state index contributed by atoms with van der Waals surface area (Å²) in [6, 6.07) is 4.13. The Morgan fingerprint density at radius 3 is 2.80 bits per heavy atom. The van der Waals surface area contributed by atoms with E-state index >= 15 is 0 Å². The Hall–Kier alpha value is -0.910. The van der Waals surface area contributed by atoms with Gasteiger partial charge in [-0.3, -0.25) is 10.1 Å². The van der Waals surface area contributed by atoms with E-state index < -0.39 is 5.54 Å². The van der Waals surface area contributed by atoms with Crippen LogP contribution in [0.2, 0.25) is 0 Å². The minimum atomic E-state index is -0.511. The third-order valence-electron chi connectivity index (χ3n) is 4.01. The number of esters is 1. The van der Waals surface area contributed by atoms with Crippen LogP contribution in [0.25, 0.3) is 0 Å². The van der Waals surface area contributed by atoms with Gasteiger partial charge in [-0.25, -0.2) is 0 Å². The maximum atomic E-state index is 12.2. The molecule has 0 unspecified atom stereocenters.